The van der Waals surface area contributed by atoms with Crippen LogP contribution in [0, 0.1) is 10.1 Å². The van der Waals surface area contributed by atoms with Gasteiger partial charge in [-0.1, -0.05) is 47.1 Å². The van der Waals surface area contributed by atoms with Crippen molar-refractivity contribution in [3.05, 3.63) is 85.9 Å². The molecule has 0 saturated carbocycles. The van der Waals surface area contributed by atoms with Crippen molar-refractivity contribution in [1.29, 1.82) is 0 Å². The third-order valence-corrected chi connectivity index (χ3v) is 8.05. The lowest BCUT2D eigenvalue weighted by Crippen LogP contribution is -2.29. The Morgan fingerprint density at radius 1 is 1.08 bits per heavy atom. The lowest BCUT2D eigenvalue weighted by molar-refractivity contribution is -0.385. The molecule has 3 aromatic carbocycles. The van der Waals surface area contributed by atoms with E-state index in [4.69, 9.17) is 23.2 Å². The molecule has 1 aliphatic heterocycles. The summed E-state index contributed by atoms with van der Waals surface area (Å²) < 4.78 is 1.27. The summed E-state index contributed by atoms with van der Waals surface area (Å²) in [6, 6.07) is 13.7. The summed E-state index contributed by atoms with van der Waals surface area (Å²) in [6.07, 6.45) is 0. The Bertz CT molecular complexity index is 1590. The number of nitrogens with one attached hydrogen (secondary N) is 1. The van der Waals surface area contributed by atoms with Crippen molar-refractivity contribution < 1.29 is 19.3 Å². The standard InChI is InChI=1S/C23H12Cl2N4O5S2/c24-13-4-2-5-14(25)20(13)27-18(30)10-35-23-26-15-8-7-11(9-17(15)36-23)28-21(31)12-3-1-6-16(29(33)34)19(12)22(28)32/h1-9H,10H2,(H,27,30). The fourth-order valence-electron chi connectivity index (χ4n) is 3.67. The first-order valence-electron chi connectivity index (χ1n) is 10.2. The van der Waals surface area contributed by atoms with Crippen molar-refractivity contribution in [1.82, 2.24) is 4.98 Å². The molecular weight excluding hydrogens is 547 g/mol. The molecule has 0 atom stereocenters. The van der Waals surface area contributed by atoms with Crippen molar-refractivity contribution >= 4 is 91.3 Å². The van der Waals surface area contributed by atoms with Crippen LogP contribution in [0.5, 0.6) is 0 Å². The second kappa shape index (κ2) is 9.51. The van der Waals surface area contributed by atoms with E-state index in [1.807, 2.05) is 0 Å². The van der Waals surface area contributed by atoms with Crippen molar-refractivity contribution in [3.63, 3.8) is 0 Å². The fraction of sp³-hybridized carbons (Fsp3) is 0.0435. The van der Waals surface area contributed by atoms with Crippen LogP contribution in [-0.2, 0) is 4.79 Å². The molecule has 180 valence electrons. The molecule has 0 bridgehead atoms. The number of thiazole rings is 1. The minimum absolute atomic E-state index is 0.0144. The van der Waals surface area contributed by atoms with Crippen LogP contribution in [0.4, 0.5) is 17.1 Å². The van der Waals surface area contributed by atoms with E-state index in [1.54, 1.807) is 36.4 Å². The van der Waals surface area contributed by atoms with E-state index < -0.39 is 22.4 Å². The molecule has 0 radical (unpaired) electrons. The smallest absolute Gasteiger partial charge is 0.283 e. The van der Waals surface area contributed by atoms with Gasteiger partial charge in [0.25, 0.3) is 17.5 Å². The Balaban J connectivity index is 1.34. The van der Waals surface area contributed by atoms with Crippen molar-refractivity contribution in [2.24, 2.45) is 0 Å². The van der Waals surface area contributed by atoms with Gasteiger partial charge in [-0.15, -0.1) is 11.3 Å². The van der Waals surface area contributed by atoms with Gasteiger partial charge in [0.15, 0.2) is 4.34 Å². The van der Waals surface area contributed by atoms with E-state index >= 15 is 0 Å². The largest absolute Gasteiger partial charge is 0.323 e. The van der Waals surface area contributed by atoms with Gasteiger partial charge in [0, 0.05) is 6.07 Å². The van der Waals surface area contributed by atoms with Crippen LogP contribution in [-0.4, -0.2) is 33.4 Å². The topological polar surface area (TPSA) is 123 Å². The van der Waals surface area contributed by atoms with Crippen LogP contribution in [0.3, 0.4) is 0 Å². The van der Waals surface area contributed by atoms with Crippen LogP contribution in [0.2, 0.25) is 10.0 Å². The van der Waals surface area contributed by atoms with Crippen LogP contribution >= 0.6 is 46.3 Å². The number of rotatable bonds is 6. The van der Waals surface area contributed by atoms with Crippen LogP contribution < -0.4 is 10.2 Å². The molecule has 0 saturated heterocycles. The molecule has 36 heavy (non-hydrogen) atoms. The van der Waals surface area contributed by atoms with Crippen LogP contribution in [0.15, 0.2) is 58.9 Å². The summed E-state index contributed by atoms with van der Waals surface area (Å²) >= 11 is 14.7. The zero-order chi connectivity index (χ0) is 25.6. The molecule has 5 rings (SSSR count). The number of nitro benzene ring substituents is 1. The third kappa shape index (κ3) is 4.30. The lowest BCUT2D eigenvalue weighted by Gasteiger charge is -2.13. The van der Waals surface area contributed by atoms with E-state index in [2.05, 4.69) is 10.3 Å². The average Bonchev–Trinajstić information content (AvgIpc) is 3.37. The summed E-state index contributed by atoms with van der Waals surface area (Å²) in [4.78, 5) is 54.3. The summed E-state index contributed by atoms with van der Waals surface area (Å²) in [7, 11) is 0. The first-order chi connectivity index (χ1) is 17.2. The number of hydrogen-bond acceptors (Lipinski definition) is 8. The number of carbonyl (C=O) groups is 3. The number of carbonyl (C=O) groups excluding carboxylic acids is 3. The summed E-state index contributed by atoms with van der Waals surface area (Å²) in [5.74, 6) is -1.65. The number of fused-ring (bicyclic) bond motifs is 2. The summed E-state index contributed by atoms with van der Waals surface area (Å²) in [5.41, 5.74) is 0.568. The van der Waals surface area contributed by atoms with Crippen molar-refractivity contribution in [2.45, 2.75) is 4.34 Å². The molecule has 0 fully saturated rings. The van der Waals surface area contributed by atoms with E-state index in [0.29, 0.717) is 30.3 Å². The zero-order valence-electron chi connectivity index (χ0n) is 17.9. The van der Waals surface area contributed by atoms with Crippen molar-refractivity contribution in [3.8, 4) is 0 Å². The predicted molar refractivity (Wildman–Crippen MR) is 140 cm³/mol. The van der Waals surface area contributed by atoms with Gasteiger partial charge in [0.2, 0.25) is 5.91 Å². The second-order valence-corrected chi connectivity index (χ2v) is 10.5. The quantitative estimate of drug-likeness (QED) is 0.132. The zero-order valence-corrected chi connectivity index (χ0v) is 21.0. The Hall–Kier alpha value is -3.51. The Morgan fingerprint density at radius 3 is 2.53 bits per heavy atom. The van der Waals surface area contributed by atoms with Gasteiger partial charge in [-0.25, -0.2) is 9.88 Å². The number of thioether (sulfide) groups is 1. The van der Waals surface area contributed by atoms with Crippen molar-refractivity contribution in [2.75, 3.05) is 16.0 Å². The molecule has 0 spiro atoms. The highest BCUT2D eigenvalue weighted by Gasteiger charge is 2.41. The molecule has 4 aromatic rings. The number of nitrogens with zero attached hydrogens (tertiary/aromatic N) is 3. The highest BCUT2D eigenvalue weighted by Crippen LogP contribution is 2.37. The number of para-hydroxylation sites is 1. The van der Waals surface area contributed by atoms with Gasteiger partial charge < -0.3 is 5.32 Å². The van der Waals surface area contributed by atoms with E-state index in [1.165, 1.54) is 41.3 Å². The van der Waals surface area contributed by atoms with Crippen LogP contribution in [0.25, 0.3) is 10.2 Å². The van der Waals surface area contributed by atoms with E-state index in [9.17, 15) is 24.5 Å². The number of imide groups is 1. The monoisotopic (exact) mass is 558 g/mol. The normalized spacial score (nSPS) is 12.8. The number of halogens is 2. The van der Waals surface area contributed by atoms with Gasteiger partial charge in [-0.05, 0) is 36.4 Å². The SMILES string of the molecule is O=C(CSc1nc2ccc(N3C(=O)c4cccc([N+](=O)[O-])c4C3=O)cc2s1)Nc1c(Cl)cccc1Cl. The number of anilines is 2. The molecule has 2 heterocycles. The molecule has 3 amide bonds. The van der Waals surface area contributed by atoms with Gasteiger partial charge in [-0.3, -0.25) is 24.5 Å². The molecule has 1 aliphatic rings. The third-order valence-electron chi connectivity index (χ3n) is 5.25. The van der Waals surface area contributed by atoms with Crippen LogP contribution in [0.1, 0.15) is 20.7 Å². The highest BCUT2D eigenvalue weighted by atomic mass is 35.5. The molecule has 9 nitrogen and oxygen atoms in total. The molecule has 1 aromatic heterocycles. The predicted octanol–water partition coefficient (Wildman–Crippen LogP) is 6.04. The maximum atomic E-state index is 13.0. The average molecular weight is 559 g/mol. The Kier molecular flexibility index (Phi) is 6.39. The minimum atomic E-state index is -0.754. The number of amides is 3. The Morgan fingerprint density at radius 2 is 1.81 bits per heavy atom. The number of hydrogen-bond donors (Lipinski definition) is 1. The first-order valence-corrected chi connectivity index (χ1v) is 12.7. The molecule has 0 aliphatic carbocycles. The number of benzene rings is 3. The summed E-state index contributed by atoms with van der Waals surface area (Å²) in [5, 5.41) is 14.7. The van der Waals surface area contributed by atoms with E-state index in [0.717, 1.165) is 4.90 Å². The number of nitro groups is 1. The summed E-state index contributed by atoms with van der Waals surface area (Å²) in [6.45, 7) is 0. The fourth-order valence-corrected chi connectivity index (χ4v) is 6.06. The molecule has 13 heteroatoms. The maximum Gasteiger partial charge on any atom is 0.283 e. The second-order valence-electron chi connectivity index (χ2n) is 7.47. The van der Waals surface area contributed by atoms with E-state index in [-0.39, 0.29) is 28.5 Å². The van der Waals surface area contributed by atoms with Gasteiger partial charge in [-0.2, -0.15) is 0 Å². The Labute approximate surface area is 221 Å². The highest BCUT2D eigenvalue weighted by molar-refractivity contribution is 8.01. The van der Waals surface area contributed by atoms with Gasteiger partial charge >= 0.3 is 0 Å². The maximum absolute atomic E-state index is 13.0. The van der Waals surface area contributed by atoms with Gasteiger partial charge in [0.05, 0.1) is 47.9 Å². The molecule has 0 unspecified atom stereocenters. The number of aromatic nitrogens is 1. The minimum Gasteiger partial charge on any atom is -0.323 e. The molecule has 1 N–H and O–H groups in total. The first kappa shape index (κ1) is 24.2. The lowest BCUT2D eigenvalue weighted by atomic mass is 10.1. The molecular formula is C23H12Cl2N4O5S2. The van der Waals surface area contributed by atoms with Gasteiger partial charge in [0.1, 0.15) is 5.56 Å².